The molecule has 0 amide bonds. The van der Waals surface area contributed by atoms with E-state index in [-0.39, 0.29) is 9.92 Å². The van der Waals surface area contributed by atoms with Gasteiger partial charge in [0, 0.05) is 56.7 Å². The molecule has 6 nitrogen and oxygen atoms in total. The second-order valence-electron chi connectivity index (χ2n) is 6.08. The summed E-state index contributed by atoms with van der Waals surface area (Å²) in [5.41, 5.74) is 0.698. The number of sulfonamides is 1. The predicted octanol–water partition coefficient (Wildman–Crippen LogP) is 2.50. The molecule has 1 aromatic heterocycles. The Bertz CT molecular complexity index is 832. The van der Waals surface area contributed by atoms with E-state index in [0.717, 1.165) is 13.1 Å². The van der Waals surface area contributed by atoms with Crippen LogP contribution in [0.4, 0.5) is 0 Å². The lowest BCUT2D eigenvalue weighted by atomic mass is 10.2. The van der Waals surface area contributed by atoms with Crippen LogP contribution in [0.25, 0.3) is 0 Å². The highest BCUT2D eigenvalue weighted by atomic mass is 35.5. The van der Waals surface area contributed by atoms with Gasteiger partial charge in [0.05, 0.1) is 11.3 Å². The molecule has 0 radical (unpaired) electrons. The average molecular weight is 403 g/mol. The van der Waals surface area contributed by atoms with Crippen LogP contribution in [-0.4, -0.2) is 59.9 Å². The lowest BCUT2D eigenvalue weighted by molar-refractivity contribution is 0.183. The maximum atomic E-state index is 12.9. The van der Waals surface area contributed by atoms with Gasteiger partial charge in [-0.2, -0.15) is 4.31 Å². The first-order valence-electron chi connectivity index (χ1n) is 8.02. The first-order valence-corrected chi connectivity index (χ1v) is 10.2. The molecule has 1 aliphatic rings. The number of benzene rings is 1. The van der Waals surface area contributed by atoms with E-state index in [1.54, 1.807) is 25.5 Å². The molecular formula is C16H20Cl2N4O2S. The van der Waals surface area contributed by atoms with E-state index in [4.69, 9.17) is 23.2 Å². The number of nitrogens with zero attached hydrogens (tertiary/aromatic N) is 4. The van der Waals surface area contributed by atoms with Crippen molar-refractivity contribution in [1.29, 1.82) is 0 Å². The first kappa shape index (κ1) is 18.7. The lowest BCUT2D eigenvalue weighted by Gasteiger charge is -2.34. The Morgan fingerprint density at radius 2 is 1.80 bits per heavy atom. The smallest absolute Gasteiger partial charge is 0.244 e. The summed E-state index contributed by atoms with van der Waals surface area (Å²) in [4.78, 5) is 6.40. The second-order valence-corrected chi connectivity index (χ2v) is 8.80. The van der Waals surface area contributed by atoms with E-state index < -0.39 is 10.0 Å². The van der Waals surface area contributed by atoms with Gasteiger partial charge < -0.3 is 4.57 Å². The quantitative estimate of drug-likeness (QED) is 0.770. The van der Waals surface area contributed by atoms with Crippen molar-refractivity contribution in [2.75, 3.05) is 32.7 Å². The molecule has 3 rings (SSSR count). The highest BCUT2D eigenvalue weighted by molar-refractivity contribution is 7.89. The van der Waals surface area contributed by atoms with Gasteiger partial charge in [-0.15, -0.1) is 0 Å². The summed E-state index contributed by atoms with van der Waals surface area (Å²) in [7, 11) is -3.61. The molecule has 1 fully saturated rings. The molecular weight excluding hydrogens is 383 g/mol. The van der Waals surface area contributed by atoms with Gasteiger partial charge in [0.2, 0.25) is 10.0 Å². The number of aryl methyl sites for hydroxylation is 1. The van der Waals surface area contributed by atoms with Gasteiger partial charge >= 0.3 is 0 Å². The van der Waals surface area contributed by atoms with E-state index in [1.165, 1.54) is 10.4 Å². The van der Waals surface area contributed by atoms with Crippen molar-refractivity contribution in [1.82, 2.24) is 18.8 Å². The van der Waals surface area contributed by atoms with E-state index in [2.05, 4.69) is 9.88 Å². The summed E-state index contributed by atoms with van der Waals surface area (Å²) in [6.07, 6.45) is 5.46. The Labute approximate surface area is 158 Å². The minimum absolute atomic E-state index is 0.128. The first-order chi connectivity index (χ1) is 11.9. The molecule has 2 heterocycles. The van der Waals surface area contributed by atoms with Gasteiger partial charge in [-0.25, -0.2) is 13.4 Å². The molecule has 0 saturated carbocycles. The van der Waals surface area contributed by atoms with Gasteiger partial charge in [0.1, 0.15) is 4.90 Å². The van der Waals surface area contributed by atoms with Crippen molar-refractivity contribution in [2.24, 2.45) is 0 Å². The molecule has 1 saturated heterocycles. The van der Waals surface area contributed by atoms with Crippen molar-refractivity contribution in [3.8, 4) is 0 Å². The van der Waals surface area contributed by atoms with Gasteiger partial charge in [0.25, 0.3) is 0 Å². The maximum absolute atomic E-state index is 12.9. The third kappa shape index (κ3) is 4.17. The largest absolute Gasteiger partial charge is 0.336 e. The van der Waals surface area contributed by atoms with Crippen LogP contribution in [0.15, 0.2) is 35.7 Å². The van der Waals surface area contributed by atoms with Crippen LogP contribution in [0.2, 0.25) is 10.0 Å². The average Bonchev–Trinajstić information content (AvgIpc) is 3.10. The van der Waals surface area contributed by atoms with E-state index in [9.17, 15) is 8.42 Å². The monoisotopic (exact) mass is 402 g/mol. The van der Waals surface area contributed by atoms with Crippen molar-refractivity contribution >= 4 is 33.2 Å². The lowest BCUT2D eigenvalue weighted by Crippen LogP contribution is -2.49. The number of imidazole rings is 1. The molecule has 0 unspecified atom stereocenters. The fraction of sp³-hybridized carbons (Fsp3) is 0.438. The van der Waals surface area contributed by atoms with Crippen molar-refractivity contribution in [3.63, 3.8) is 0 Å². The number of rotatable bonds is 5. The minimum atomic E-state index is -3.61. The topological polar surface area (TPSA) is 58.4 Å². The Morgan fingerprint density at radius 3 is 2.44 bits per heavy atom. The van der Waals surface area contributed by atoms with E-state index in [0.29, 0.717) is 36.8 Å². The van der Waals surface area contributed by atoms with Gasteiger partial charge in [-0.3, -0.25) is 4.90 Å². The number of halogens is 2. The summed E-state index contributed by atoms with van der Waals surface area (Å²) in [5, 5.41) is 0.631. The van der Waals surface area contributed by atoms with Crippen molar-refractivity contribution in [3.05, 3.63) is 46.5 Å². The zero-order valence-electron chi connectivity index (χ0n) is 13.9. The molecule has 0 aliphatic carbocycles. The number of hydrogen-bond donors (Lipinski definition) is 0. The highest BCUT2D eigenvalue weighted by Crippen LogP contribution is 2.30. The van der Waals surface area contributed by atoms with Crippen molar-refractivity contribution in [2.45, 2.75) is 18.4 Å². The van der Waals surface area contributed by atoms with Crippen LogP contribution in [-0.2, 0) is 16.6 Å². The van der Waals surface area contributed by atoms with Crippen LogP contribution < -0.4 is 0 Å². The summed E-state index contributed by atoms with van der Waals surface area (Å²) < 4.78 is 29.3. The fourth-order valence-electron chi connectivity index (χ4n) is 2.84. The molecule has 1 aliphatic heterocycles. The second kappa shape index (κ2) is 7.63. The van der Waals surface area contributed by atoms with Crippen LogP contribution in [0.1, 0.15) is 5.56 Å². The van der Waals surface area contributed by atoms with E-state index >= 15 is 0 Å². The Hall–Kier alpha value is -1.12. The summed E-state index contributed by atoms with van der Waals surface area (Å²) >= 11 is 12.1. The van der Waals surface area contributed by atoms with Gasteiger partial charge in [0.15, 0.2) is 0 Å². The van der Waals surface area contributed by atoms with Gasteiger partial charge in [-0.1, -0.05) is 23.2 Å². The number of hydrogen-bond acceptors (Lipinski definition) is 4. The van der Waals surface area contributed by atoms with Crippen LogP contribution in [0.3, 0.4) is 0 Å². The normalized spacial score (nSPS) is 17.1. The summed E-state index contributed by atoms with van der Waals surface area (Å²) in [5.74, 6) is 0. The highest BCUT2D eigenvalue weighted by Gasteiger charge is 2.30. The minimum Gasteiger partial charge on any atom is -0.336 e. The molecule has 9 heteroatoms. The Balaban J connectivity index is 1.64. The maximum Gasteiger partial charge on any atom is 0.244 e. The van der Waals surface area contributed by atoms with Gasteiger partial charge in [-0.05, 0) is 24.6 Å². The third-order valence-corrected chi connectivity index (χ3v) is 7.17. The summed E-state index contributed by atoms with van der Waals surface area (Å²) in [6.45, 7) is 5.76. The predicted molar refractivity (Wildman–Crippen MR) is 98.6 cm³/mol. The number of piperazine rings is 1. The zero-order valence-corrected chi connectivity index (χ0v) is 16.2. The van der Waals surface area contributed by atoms with Crippen LogP contribution in [0, 0.1) is 6.92 Å². The molecule has 2 aromatic rings. The third-order valence-electron chi connectivity index (χ3n) is 4.40. The standard InChI is InChI=1S/C16H20Cl2N4O2S/c1-13-10-16(15(18)11-14(13)17)25(23,24)22-8-6-20(7-9-22)4-5-21-3-2-19-12-21/h2-3,10-12H,4-9H2,1H3. The molecule has 136 valence electrons. The SMILES string of the molecule is Cc1cc(S(=O)(=O)N2CCN(CCn3ccnc3)CC2)c(Cl)cc1Cl. The zero-order chi connectivity index (χ0) is 18.0. The Kier molecular flexibility index (Phi) is 5.70. The van der Waals surface area contributed by atoms with Crippen molar-refractivity contribution < 1.29 is 8.42 Å². The molecule has 1 aromatic carbocycles. The molecule has 0 bridgehead atoms. The number of aromatic nitrogens is 2. The Morgan fingerprint density at radius 1 is 1.08 bits per heavy atom. The fourth-order valence-corrected chi connectivity index (χ4v) is 5.07. The molecule has 0 N–H and O–H groups in total. The molecule has 25 heavy (non-hydrogen) atoms. The van der Waals surface area contributed by atoms with Crippen LogP contribution >= 0.6 is 23.2 Å². The van der Waals surface area contributed by atoms with E-state index in [1.807, 2.05) is 10.8 Å². The summed E-state index contributed by atoms with van der Waals surface area (Å²) in [6, 6.07) is 3.04. The molecule has 0 spiro atoms. The molecule has 0 atom stereocenters. The van der Waals surface area contributed by atoms with Crippen LogP contribution in [0.5, 0.6) is 0 Å².